The second-order valence-electron chi connectivity index (χ2n) is 7.26. The second-order valence-corrected chi connectivity index (χ2v) is 7.26. The summed E-state index contributed by atoms with van der Waals surface area (Å²) in [5.41, 5.74) is 2.46. The second kappa shape index (κ2) is 9.15. The van der Waals surface area contributed by atoms with Gasteiger partial charge in [-0.25, -0.2) is 0 Å². The number of aryl methyl sites for hydroxylation is 1. The first kappa shape index (κ1) is 19.7. The van der Waals surface area contributed by atoms with Gasteiger partial charge in [0.25, 0.3) is 0 Å². The molecule has 0 saturated heterocycles. The Morgan fingerprint density at radius 2 is 1.35 bits per heavy atom. The van der Waals surface area contributed by atoms with E-state index in [0.717, 1.165) is 5.56 Å². The molecular weight excluding hydrogens is 326 g/mol. The fourth-order valence-corrected chi connectivity index (χ4v) is 2.31. The summed E-state index contributed by atoms with van der Waals surface area (Å²) in [4.78, 5) is 23.9. The third-order valence-corrected chi connectivity index (χ3v) is 3.72. The Kier molecular flexibility index (Phi) is 6.92. The number of benzene rings is 2. The van der Waals surface area contributed by atoms with Gasteiger partial charge in [0.15, 0.2) is 0 Å². The lowest BCUT2D eigenvalue weighted by atomic mass is 10.1. The number of anilines is 2. The highest BCUT2D eigenvalue weighted by Crippen LogP contribution is 2.14. The van der Waals surface area contributed by atoms with Crippen molar-refractivity contribution in [1.29, 1.82) is 0 Å². The van der Waals surface area contributed by atoms with Crippen LogP contribution in [0.25, 0.3) is 0 Å². The van der Waals surface area contributed by atoms with Gasteiger partial charge in [-0.3, -0.25) is 9.59 Å². The Balaban J connectivity index is 1.77. The Morgan fingerprint density at radius 1 is 0.808 bits per heavy atom. The molecule has 2 amide bonds. The van der Waals surface area contributed by atoms with Crippen LogP contribution in [0.2, 0.25) is 0 Å². The summed E-state index contributed by atoms with van der Waals surface area (Å²) in [6, 6.07) is 17.1. The van der Waals surface area contributed by atoms with E-state index in [0.29, 0.717) is 24.2 Å². The van der Waals surface area contributed by atoms with Gasteiger partial charge in [0.05, 0.1) is 6.54 Å². The summed E-state index contributed by atoms with van der Waals surface area (Å²) >= 11 is 0. The third-order valence-electron chi connectivity index (χ3n) is 3.72. The van der Waals surface area contributed by atoms with Crippen LogP contribution in [0.5, 0.6) is 0 Å². The first-order chi connectivity index (χ1) is 12.3. The zero-order valence-corrected chi connectivity index (χ0v) is 15.6. The zero-order chi connectivity index (χ0) is 19.0. The predicted octanol–water partition coefficient (Wildman–Crippen LogP) is 3.58. The fourth-order valence-electron chi connectivity index (χ4n) is 2.31. The molecule has 5 nitrogen and oxygen atoms in total. The fraction of sp³-hybridized carbons (Fsp3) is 0.333. The molecule has 0 aliphatic heterocycles. The van der Waals surface area contributed by atoms with Crippen LogP contribution >= 0.6 is 0 Å². The minimum Gasteiger partial charge on any atom is -0.326 e. The summed E-state index contributed by atoms with van der Waals surface area (Å²) in [5, 5.41) is 8.84. The van der Waals surface area contributed by atoms with Gasteiger partial charge in [-0.05, 0) is 57.0 Å². The van der Waals surface area contributed by atoms with Gasteiger partial charge >= 0.3 is 0 Å². The largest absolute Gasteiger partial charge is 0.326 e. The SMILES string of the molecule is CC(C)(C)NCC(=O)Nc1ccc(NC(=O)CCc2ccccc2)cc1. The predicted molar refractivity (Wildman–Crippen MR) is 106 cm³/mol. The van der Waals surface area contributed by atoms with Crippen molar-refractivity contribution in [3.8, 4) is 0 Å². The van der Waals surface area contributed by atoms with Crippen LogP contribution in [0.1, 0.15) is 32.8 Å². The van der Waals surface area contributed by atoms with Gasteiger partial charge in [-0.1, -0.05) is 30.3 Å². The van der Waals surface area contributed by atoms with E-state index in [2.05, 4.69) is 16.0 Å². The molecule has 0 unspecified atom stereocenters. The summed E-state index contributed by atoms with van der Waals surface area (Å²) in [6.45, 7) is 6.28. The Bertz CT molecular complexity index is 719. The van der Waals surface area contributed by atoms with E-state index in [1.807, 2.05) is 51.1 Å². The molecule has 5 heteroatoms. The molecule has 138 valence electrons. The number of rotatable bonds is 7. The van der Waals surface area contributed by atoms with Crippen molar-refractivity contribution in [2.75, 3.05) is 17.2 Å². The van der Waals surface area contributed by atoms with E-state index < -0.39 is 0 Å². The maximum atomic E-state index is 12.0. The molecule has 0 atom stereocenters. The van der Waals surface area contributed by atoms with Gasteiger partial charge in [0.2, 0.25) is 11.8 Å². The Labute approximate surface area is 155 Å². The lowest BCUT2D eigenvalue weighted by molar-refractivity contribution is -0.116. The molecule has 0 radical (unpaired) electrons. The quantitative estimate of drug-likeness (QED) is 0.712. The molecular formula is C21H27N3O2. The lowest BCUT2D eigenvalue weighted by Gasteiger charge is -2.20. The number of hydrogen-bond donors (Lipinski definition) is 3. The van der Waals surface area contributed by atoms with Crippen LogP contribution < -0.4 is 16.0 Å². The summed E-state index contributed by atoms with van der Waals surface area (Å²) in [7, 11) is 0. The molecule has 0 bridgehead atoms. The maximum Gasteiger partial charge on any atom is 0.238 e. The molecule has 0 fully saturated rings. The number of carbonyl (C=O) groups excluding carboxylic acids is 2. The average Bonchev–Trinajstić information content (AvgIpc) is 2.60. The van der Waals surface area contributed by atoms with Crippen molar-refractivity contribution in [1.82, 2.24) is 5.32 Å². The van der Waals surface area contributed by atoms with Crippen molar-refractivity contribution in [3.05, 3.63) is 60.2 Å². The normalized spacial score (nSPS) is 11.0. The monoisotopic (exact) mass is 353 g/mol. The number of carbonyl (C=O) groups is 2. The average molecular weight is 353 g/mol. The maximum absolute atomic E-state index is 12.0. The van der Waals surface area contributed by atoms with Crippen LogP contribution in [-0.2, 0) is 16.0 Å². The highest BCUT2D eigenvalue weighted by atomic mass is 16.2. The molecule has 0 aliphatic rings. The van der Waals surface area contributed by atoms with Crippen LogP contribution in [0.15, 0.2) is 54.6 Å². The van der Waals surface area contributed by atoms with E-state index in [9.17, 15) is 9.59 Å². The summed E-state index contributed by atoms with van der Waals surface area (Å²) in [5.74, 6) is -0.125. The van der Waals surface area contributed by atoms with Crippen molar-refractivity contribution >= 4 is 23.2 Å². The molecule has 2 aromatic carbocycles. The third kappa shape index (κ3) is 7.49. The molecule has 3 N–H and O–H groups in total. The first-order valence-corrected chi connectivity index (χ1v) is 8.80. The molecule has 26 heavy (non-hydrogen) atoms. The molecule has 0 saturated carbocycles. The summed E-state index contributed by atoms with van der Waals surface area (Å²) in [6.07, 6.45) is 1.14. The van der Waals surface area contributed by atoms with Crippen molar-refractivity contribution in [3.63, 3.8) is 0 Å². The zero-order valence-electron chi connectivity index (χ0n) is 15.6. The van der Waals surface area contributed by atoms with Gasteiger partial charge in [0.1, 0.15) is 0 Å². The van der Waals surface area contributed by atoms with Crippen molar-refractivity contribution in [2.24, 2.45) is 0 Å². The molecule has 0 aromatic heterocycles. The molecule has 2 rings (SSSR count). The minimum absolute atomic E-state index is 0.0278. The van der Waals surface area contributed by atoms with Crippen molar-refractivity contribution in [2.45, 2.75) is 39.2 Å². The number of amides is 2. The van der Waals surface area contributed by atoms with E-state index >= 15 is 0 Å². The molecule has 0 heterocycles. The van der Waals surface area contributed by atoms with Gasteiger partial charge in [-0.2, -0.15) is 0 Å². The summed E-state index contributed by atoms with van der Waals surface area (Å²) < 4.78 is 0. The van der Waals surface area contributed by atoms with E-state index in [4.69, 9.17) is 0 Å². The lowest BCUT2D eigenvalue weighted by Crippen LogP contribution is -2.41. The van der Waals surface area contributed by atoms with E-state index in [1.165, 1.54) is 0 Å². The smallest absolute Gasteiger partial charge is 0.238 e. The Hall–Kier alpha value is -2.66. The number of nitrogens with one attached hydrogen (secondary N) is 3. The Morgan fingerprint density at radius 3 is 1.88 bits per heavy atom. The van der Waals surface area contributed by atoms with Crippen LogP contribution in [0.4, 0.5) is 11.4 Å². The molecule has 0 spiro atoms. The standard InChI is InChI=1S/C21H27N3O2/c1-21(2,3)22-15-20(26)24-18-12-10-17(11-13-18)23-19(25)14-9-16-7-5-4-6-8-16/h4-8,10-13,22H,9,14-15H2,1-3H3,(H,23,25)(H,24,26). The van der Waals surface area contributed by atoms with Crippen LogP contribution in [0.3, 0.4) is 0 Å². The van der Waals surface area contributed by atoms with Gasteiger partial charge in [0, 0.05) is 23.3 Å². The van der Waals surface area contributed by atoms with Crippen LogP contribution in [0, 0.1) is 0 Å². The topological polar surface area (TPSA) is 70.2 Å². The minimum atomic E-state index is -0.106. The number of hydrogen-bond acceptors (Lipinski definition) is 3. The molecule has 2 aromatic rings. The highest BCUT2D eigenvalue weighted by Gasteiger charge is 2.11. The van der Waals surface area contributed by atoms with E-state index in [1.54, 1.807) is 24.3 Å². The first-order valence-electron chi connectivity index (χ1n) is 8.80. The van der Waals surface area contributed by atoms with Crippen LogP contribution in [-0.4, -0.2) is 23.9 Å². The highest BCUT2D eigenvalue weighted by molar-refractivity contribution is 5.93. The van der Waals surface area contributed by atoms with Crippen molar-refractivity contribution < 1.29 is 9.59 Å². The van der Waals surface area contributed by atoms with Gasteiger partial charge in [-0.15, -0.1) is 0 Å². The molecule has 0 aliphatic carbocycles. The van der Waals surface area contributed by atoms with Gasteiger partial charge < -0.3 is 16.0 Å². The van der Waals surface area contributed by atoms with E-state index in [-0.39, 0.29) is 23.9 Å².